The number of alkyl halides is 2. The van der Waals surface area contributed by atoms with Crippen LogP contribution in [0.15, 0.2) is 36.2 Å². The molecule has 0 saturated heterocycles. The molecule has 30 heavy (non-hydrogen) atoms. The van der Waals surface area contributed by atoms with Gasteiger partial charge in [-0.2, -0.15) is 0 Å². The molecule has 0 unspecified atom stereocenters. The number of nitrogens with one attached hydrogen (secondary N) is 1. The summed E-state index contributed by atoms with van der Waals surface area (Å²) in [6.45, 7) is -1.91. The molecule has 8 heteroatoms. The second kappa shape index (κ2) is 8.98. The van der Waals surface area contributed by atoms with Crippen molar-refractivity contribution in [3.63, 3.8) is 0 Å². The fourth-order valence-corrected chi connectivity index (χ4v) is 4.63. The lowest BCUT2D eigenvalue weighted by Gasteiger charge is -2.52. The van der Waals surface area contributed by atoms with Gasteiger partial charge in [-0.1, -0.05) is 12.1 Å². The molecule has 0 heterocycles. The van der Waals surface area contributed by atoms with Gasteiger partial charge in [-0.05, 0) is 61.6 Å². The first-order valence-corrected chi connectivity index (χ1v) is 10.3. The zero-order valence-electron chi connectivity index (χ0n) is 16.9. The lowest BCUT2D eigenvalue weighted by Crippen LogP contribution is -2.53. The first kappa shape index (κ1) is 22.6. The Bertz CT molecular complexity index is 756. The summed E-state index contributed by atoms with van der Waals surface area (Å²) in [5.74, 6) is -2.99. The molecule has 0 aliphatic heterocycles. The number of carbonyl (C=O) groups excluding carboxylic acids is 1. The van der Waals surface area contributed by atoms with Crippen molar-refractivity contribution in [1.29, 1.82) is 0 Å². The molecule has 4 rings (SSSR count). The van der Waals surface area contributed by atoms with E-state index in [1.807, 2.05) is 24.3 Å². The molecule has 1 aromatic rings. The summed E-state index contributed by atoms with van der Waals surface area (Å²) in [6.07, 6.45) is 4.89. The molecule has 0 spiro atoms. The van der Waals surface area contributed by atoms with Crippen molar-refractivity contribution in [3.05, 3.63) is 41.7 Å². The largest absolute Gasteiger partial charge is 0.489 e. The third-order valence-electron chi connectivity index (χ3n) is 6.77. The van der Waals surface area contributed by atoms with Gasteiger partial charge in [0.1, 0.15) is 19.0 Å². The van der Waals surface area contributed by atoms with Crippen LogP contribution in [0.4, 0.5) is 13.2 Å². The van der Waals surface area contributed by atoms with Crippen LogP contribution < -0.4 is 15.8 Å². The standard InChI is InChI=1S/C22H29F3N2O3/c23-11-16(12-26)13-30-18-3-1-17(2-4-18)20-5-8-21(9-6-20,10-7-20)19(29)27-14-22(24,25)15-28/h1-4,11,28H,5-10,12-15,26H2,(H,27,29)/b16-11+. The molecule has 3 aliphatic carbocycles. The van der Waals surface area contributed by atoms with Crippen molar-refractivity contribution < 1.29 is 27.8 Å². The van der Waals surface area contributed by atoms with E-state index in [-0.39, 0.29) is 24.5 Å². The molecule has 5 nitrogen and oxygen atoms in total. The van der Waals surface area contributed by atoms with Gasteiger partial charge >= 0.3 is 0 Å². The highest BCUT2D eigenvalue weighted by Crippen LogP contribution is 2.57. The van der Waals surface area contributed by atoms with Crippen LogP contribution in [-0.4, -0.2) is 43.2 Å². The molecule has 4 N–H and O–H groups in total. The Morgan fingerprint density at radius 2 is 1.77 bits per heavy atom. The number of fused-ring (bicyclic) bond motifs is 3. The SMILES string of the molecule is NC/C(=C\F)COc1ccc(C23CCC(C(=O)NCC(F)(F)CO)(CC2)CC3)cc1. The van der Waals surface area contributed by atoms with Crippen LogP contribution in [0.2, 0.25) is 0 Å². The van der Waals surface area contributed by atoms with Gasteiger partial charge < -0.3 is 20.9 Å². The maximum atomic E-state index is 13.3. The maximum absolute atomic E-state index is 13.3. The lowest BCUT2D eigenvalue weighted by atomic mass is 9.51. The highest BCUT2D eigenvalue weighted by molar-refractivity contribution is 5.83. The van der Waals surface area contributed by atoms with Gasteiger partial charge in [0.15, 0.2) is 0 Å². The summed E-state index contributed by atoms with van der Waals surface area (Å²) >= 11 is 0. The molecule has 2 bridgehead atoms. The number of amides is 1. The molecule has 0 radical (unpaired) electrons. The van der Waals surface area contributed by atoms with Gasteiger partial charge in [0, 0.05) is 17.5 Å². The maximum Gasteiger partial charge on any atom is 0.287 e. The number of carbonyl (C=O) groups is 1. The van der Waals surface area contributed by atoms with E-state index in [0.29, 0.717) is 36.9 Å². The third kappa shape index (κ3) is 4.64. The van der Waals surface area contributed by atoms with E-state index in [9.17, 15) is 18.0 Å². The molecule has 1 amide bonds. The highest BCUT2D eigenvalue weighted by Gasteiger charge is 2.53. The van der Waals surface area contributed by atoms with E-state index < -0.39 is 24.5 Å². The van der Waals surface area contributed by atoms with Gasteiger partial charge in [0.25, 0.3) is 5.92 Å². The zero-order valence-corrected chi connectivity index (χ0v) is 16.9. The highest BCUT2D eigenvalue weighted by atomic mass is 19.3. The second-order valence-electron chi connectivity index (χ2n) is 8.54. The molecular weight excluding hydrogens is 397 g/mol. The molecular formula is C22H29F3N2O3. The van der Waals surface area contributed by atoms with Crippen molar-refractivity contribution >= 4 is 5.91 Å². The number of aliphatic hydroxyl groups excluding tert-OH is 1. The summed E-state index contributed by atoms with van der Waals surface area (Å²) in [7, 11) is 0. The summed E-state index contributed by atoms with van der Waals surface area (Å²) in [5, 5.41) is 11.0. The molecule has 1 aromatic carbocycles. The minimum Gasteiger partial charge on any atom is -0.489 e. The first-order chi connectivity index (χ1) is 14.3. The Labute approximate surface area is 174 Å². The predicted octanol–water partition coefficient (Wildman–Crippen LogP) is 3.21. The van der Waals surface area contributed by atoms with Crippen molar-refractivity contribution in [2.75, 3.05) is 26.3 Å². The Balaban J connectivity index is 1.60. The summed E-state index contributed by atoms with van der Waals surface area (Å²) in [4.78, 5) is 12.6. The van der Waals surface area contributed by atoms with Crippen molar-refractivity contribution in [3.8, 4) is 5.75 Å². The number of hydrogen-bond acceptors (Lipinski definition) is 4. The third-order valence-corrected chi connectivity index (χ3v) is 6.77. The monoisotopic (exact) mass is 426 g/mol. The average molecular weight is 426 g/mol. The van der Waals surface area contributed by atoms with Crippen LogP contribution in [0.5, 0.6) is 5.75 Å². The molecule has 3 saturated carbocycles. The number of halogens is 3. The predicted molar refractivity (Wildman–Crippen MR) is 107 cm³/mol. The van der Waals surface area contributed by atoms with Crippen molar-refractivity contribution in [1.82, 2.24) is 5.32 Å². The van der Waals surface area contributed by atoms with Gasteiger partial charge in [-0.15, -0.1) is 0 Å². The Morgan fingerprint density at radius 1 is 1.17 bits per heavy atom. The van der Waals surface area contributed by atoms with E-state index in [1.54, 1.807) is 0 Å². The smallest absolute Gasteiger partial charge is 0.287 e. The van der Waals surface area contributed by atoms with E-state index >= 15 is 0 Å². The van der Waals surface area contributed by atoms with Crippen LogP contribution in [0, 0.1) is 5.41 Å². The quantitative estimate of drug-likeness (QED) is 0.566. The number of aliphatic hydroxyl groups is 1. The molecule has 3 aliphatic rings. The van der Waals surface area contributed by atoms with Crippen LogP contribution in [0.3, 0.4) is 0 Å². The fourth-order valence-electron chi connectivity index (χ4n) is 4.63. The van der Waals surface area contributed by atoms with Crippen LogP contribution in [0.25, 0.3) is 0 Å². The van der Waals surface area contributed by atoms with Gasteiger partial charge in [-0.25, -0.2) is 13.2 Å². The van der Waals surface area contributed by atoms with Crippen LogP contribution >= 0.6 is 0 Å². The number of nitrogens with two attached hydrogens (primary N) is 1. The van der Waals surface area contributed by atoms with Gasteiger partial charge in [0.2, 0.25) is 5.91 Å². The molecule has 166 valence electrons. The lowest BCUT2D eigenvalue weighted by molar-refractivity contribution is -0.140. The fraction of sp³-hybridized carbons (Fsp3) is 0.591. The summed E-state index contributed by atoms with van der Waals surface area (Å²) in [6, 6.07) is 7.74. The number of rotatable bonds is 9. The van der Waals surface area contributed by atoms with E-state index in [4.69, 9.17) is 15.6 Å². The van der Waals surface area contributed by atoms with Crippen LogP contribution in [-0.2, 0) is 10.2 Å². The number of benzene rings is 1. The molecule has 3 fully saturated rings. The summed E-state index contributed by atoms with van der Waals surface area (Å²) in [5.41, 5.74) is 6.37. The van der Waals surface area contributed by atoms with E-state index in [2.05, 4.69) is 5.32 Å². The van der Waals surface area contributed by atoms with Crippen molar-refractivity contribution in [2.24, 2.45) is 11.1 Å². The molecule has 0 aromatic heterocycles. The van der Waals surface area contributed by atoms with Crippen LogP contribution in [0.1, 0.15) is 44.1 Å². The normalized spacial score (nSPS) is 26.5. The van der Waals surface area contributed by atoms with E-state index in [0.717, 1.165) is 19.3 Å². The number of hydrogen-bond donors (Lipinski definition) is 3. The second-order valence-corrected chi connectivity index (χ2v) is 8.54. The zero-order chi connectivity index (χ0) is 21.8. The summed E-state index contributed by atoms with van der Waals surface area (Å²) < 4.78 is 44.7. The Morgan fingerprint density at radius 3 is 2.27 bits per heavy atom. The molecule has 0 atom stereocenters. The Hall–Kier alpha value is -2.06. The topological polar surface area (TPSA) is 84.6 Å². The van der Waals surface area contributed by atoms with Gasteiger partial charge in [0.05, 0.1) is 12.9 Å². The minimum absolute atomic E-state index is 0.0170. The number of ether oxygens (including phenoxy) is 1. The Kier molecular flexibility index (Phi) is 6.77. The average Bonchev–Trinajstić information content (AvgIpc) is 2.79. The first-order valence-electron chi connectivity index (χ1n) is 10.3. The van der Waals surface area contributed by atoms with Gasteiger partial charge in [-0.3, -0.25) is 4.79 Å². The van der Waals surface area contributed by atoms with E-state index in [1.165, 1.54) is 5.56 Å². The van der Waals surface area contributed by atoms with Crippen molar-refractivity contribution in [2.45, 2.75) is 49.9 Å². The minimum atomic E-state index is -3.30.